The summed E-state index contributed by atoms with van der Waals surface area (Å²) in [5.41, 5.74) is -0.820. The van der Waals surface area contributed by atoms with Gasteiger partial charge in [-0.05, 0) is 24.5 Å². The Kier molecular flexibility index (Phi) is 6.19. The van der Waals surface area contributed by atoms with E-state index in [1.54, 1.807) is 0 Å². The highest BCUT2D eigenvalue weighted by atomic mass is 19.4. The summed E-state index contributed by atoms with van der Waals surface area (Å²) < 4.78 is 44.6. The second kappa shape index (κ2) is 8.62. The molecule has 1 saturated carbocycles. The van der Waals surface area contributed by atoms with E-state index >= 15 is 0 Å². The normalized spacial score (nSPS) is 15.9. The SMILES string of the molecule is COC(=O)c1ccc(NC(=O)C(CC2CCCC2)n2cnc(C(F)(F)F)c2)nc1. The number of carbonyl (C=O) groups excluding carboxylic acids is 2. The van der Waals surface area contributed by atoms with E-state index in [1.807, 2.05) is 0 Å². The van der Waals surface area contributed by atoms with Crippen LogP contribution in [0.4, 0.5) is 19.0 Å². The summed E-state index contributed by atoms with van der Waals surface area (Å²) in [7, 11) is 1.24. The lowest BCUT2D eigenvalue weighted by atomic mass is 9.97. The monoisotopic (exact) mass is 410 g/mol. The molecule has 156 valence electrons. The van der Waals surface area contributed by atoms with Crippen LogP contribution in [-0.2, 0) is 15.7 Å². The highest BCUT2D eigenvalue weighted by Gasteiger charge is 2.35. The summed E-state index contributed by atoms with van der Waals surface area (Å²) in [5.74, 6) is -0.596. The number of imidazole rings is 1. The molecule has 1 fully saturated rings. The molecular formula is C19H21F3N4O3. The maximum absolute atomic E-state index is 12.9. The Balaban J connectivity index is 1.78. The van der Waals surface area contributed by atoms with Crippen LogP contribution < -0.4 is 5.32 Å². The van der Waals surface area contributed by atoms with Gasteiger partial charge in [-0.2, -0.15) is 13.2 Å². The lowest BCUT2D eigenvalue weighted by molar-refractivity contribution is -0.141. The maximum atomic E-state index is 12.9. The molecule has 29 heavy (non-hydrogen) atoms. The van der Waals surface area contributed by atoms with E-state index in [0.717, 1.165) is 38.2 Å². The number of carbonyl (C=O) groups is 2. The molecule has 1 atom stereocenters. The summed E-state index contributed by atoms with van der Waals surface area (Å²) >= 11 is 0. The first-order valence-electron chi connectivity index (χ1n) is 9.24. The molecule has 0 bridgehead atoms. The smallest absolute Gasteiger partial charge is 0.434 e. The fourth-order valence-electron chi connectivity index (χ4n) is 3.50. The van der Waals surface area contributed by atoms with Gasteiger partial charge in [-0.3, -0.25) is 4.79 Å². The first-order valence-corrected chi connectivity index (χ1v) is 9.24. The van der Waals surface area contributed by atoms with Gasteiger partial charge in [0, 0.05) is 12.4 Å². The molecule has 0 spiro atoms. The van der Waals surface area contributed by atoms with Crippen molar-refractivity contribution in [3.63, 3.8) is 0 Å². The van der Waals surface area contributed by atoms with Crippen molar-refractivity contribution >= 4 is 17.7 Å². The van der Waals surface area contributed by atoms with Crippen molar-refractivity contribution in [3.8, 4) is 0 Å². The average Bonchev–Trinajstić information content (AvgIpc) is 3.37. The molecule has 3 rings (SSSR count). The lowest BCUT2D eigenvalue weighted by Gasteiger charge is -2.21. The lowest BCUT2D eigenvalue weighted by Crippen LogP contribution is -2.27. The number of hydrogen-bond donors (Lipinski definition) is 1. The molecule has 7 nitrogen and oxygen atoms in total. The summed E-state index contributed by atoms with van der Waals surface area (Å²) in [4.78, 5) is 31.7. The highest BCUT2D eigenvalue weighted by Crippen LogP contribution is 2.34. The van der Waals surface area contributed by atoms with Gasteiger partial charge in [0.25, 0.3) is 0 Å². The number of pyridine rings is 1. The summed E-state index contributed by atoms with van der Waals surface area (Å²) in [6.45, 7) is 0. The van der Waals surface area contributed by atoms with Crippen LogP contribution in [0.25, 0.3) is 0 Å². The standard InChI is InChI=1S/C19H21F3N4O3/c1-29-18(28)13-6-7-16(23-9-13)25-17(27)14(8-12-4-2-3-5-12)26-10-15(24-11-26)19(20,21)22/h6-7,9-12,14H,2-5,8H2,1H3,(H,23,25,27). The Labute approximate surface area is 165 Å². The Hall–Kier alpha value is -2.91. The number of anilines is 1. The van der Waals surface area contributed by atoms with Crippen LogP contribution in [0.2, 0.25) is 0 Å². The van der Waals surface area contributed by atoms with Gasteiger partial charge >= 0.3 is 12.1 Å². The summed E-state index contributed by atoms with van der Waals surface area (Å²) in [6, 6.07) is 2.04. The number of esters is 1. The Bertz CT molecular complexity index is 858. The summed E-state index contributed by atoms with van der Waals surface area (Å²) in [6.07, 6.45) is 2.97. The van der Waals surface area contributed by atoms with Crippen molar-refractivity contribution in [2.45, 2.75) is 44.3 Å². The molecule has 0 saturated heterocycles. The minimum atomic E-state index is -4.58. The molecule has 0 radical (unpaired) electrons. The number of ether oxygens (including phenoxy) is 1. The number of alkyl halides is 3. The van der Waals surface area contributed by atoms with Gasteiger partial charge in [-0.1, -0.05) is 25.7 Å². The van der Waals surface area contributed by atoms with Crippen molar-refractivity contribution in [1.82, 2.24) is 14.5 Å². The predicted octanol–water partition coefficient (Wildman–Crippen LogP) is 3.84. The van der Waals surface area contributed by atoms with E-state index in [1.165, 1.54) is 30.0 Å². The van der Waals surface area contributed by atoms with Crippen LogP contribution in [0, 0.1) is 5.92 Å². The predicted molar refractivity (Wildman–Crippen MR) is 97.0 cm³/mol. The summed E-state index contributed by atoms with van der Waals surface area (Å²) in [5, 5.41) is 2.61. The number of nitrogens with zero attached hydrogens (tertiary/aromatic N) is 3. The van der Waals surface area contributed by atoms with Gasteiger partial charge in [0.05, 0.1) is 19.0 Å². The van der Waals surface area contributed by atoms with Gasteiger partial charge in [0.1, 0.15) is 11.9 Å². The van der Waals surface area contributed by atoms with E-state index in [4.69, 9.17) is 0 Å². The third kappa shape index (κ3) is 5.12. The van der Waals surface area contributed by atoms with Gasteiger partial charge in [-0.25, -0.2) is 14.8 Å². The van der Waals surface area contributed by atoms with E-state index in [9.17, 15) is 22.8 Å². The average molecular weight is 410 g/mol. The topological polar surface area (TPSA) is 86.1 Å². The second-order valence-electron chi connectivity index (χ2n) is 7.02. The largest absolute Gasteiger partial charge is 0.465 e. The van der Waals surface area contributed by atoms with Gasteiger partial charge in [-0.15, -0.1) is 0 Å². The molecule has 0 aliphatic heterocycles. The van der Waals surface area contributed by atoms with Gasteiger partial charge in [0.2, 0.25) is 5.91 Å². The molecule has 1 aliphatic rings. The molecule has 1 amide bonds. The fraction of sp³-hybridized carbons (Fsp3) is 0.474. The van der Waals surface area contributed by atoms with Crippen molar-refractivity contribution < 1.29 is 27.5 Å². The van der Waals surface area contributed by atoms with Gasteiger partial charge < -0.3 is 14.6 Å². The number of hydrogen-bond acceptors (Lipinski definition) is 5. The minimum Gasteiger partial charge on any atom is -0.465 e. The number of aromatic nitrogens is 3. The van der Waals surface area contributed by atoms with Crippen LogP contribution in [0.1, 0.15) is 54.2 Å². The van der Waals surface area contributed by atoms with E-state index < -0.39 is 29.8 Å². The molecule has 2 aromatic rings. The van der Waals surface area contributed by atoms with E-state index in [0.29, 0.717) is 6.42 Å². The van der Waals surface area contributed by atoms with Gasteiger partial charge in [0.15, 0.2) is 5.69 Å². The first kappa shape index (κ1) is 20.8. The van der Waals surface area contributed by atoms with Crippen molar-refractivity contribution in [3.05, 3.63) is 42.1 Å². The van der Waals surface area contributed by atoms with Crippen molar-refractivity contribution in [1.29, 1.82) is 0 Å². The number of nitrogens with one attached hydrogen (secondary N) is 1. The third-order valence-corrected chi connectivity index (χ3v) is 5.02. The number of amides is 1. The molecule has 1 N–H and O–H groups in total. The molecule has 2 aromatic heterocycles. The van der Waals surface area contributed by atoms with E-state index in [2.05, 4.69) is 20.0 Å². The zero-order chi connectivity index (χ0) is 21.0. The Morgan fingerprint density at radius 2 is 2.00 bits per heavy atom. The molecule has 1 aliphatic carbocycles. The maximum Gasteiger partial charge on any atom is 0.434 e. The fourth-order valence-corrected chi connectivity index (χ4v) is 3.50. The number of rotatable bonds is 6. The number of halogens is 3. The Morgan fingerprint density at radius 3 is 2.55 bits per heavy atom. The molecule has 1 unspecified atom stereocenters. The van der Waals surface area contributed by atoms with Crippen molar-refractivity contribution in [2.75, 3.05) is 12.4 Å². The highest BCUT2D eigenvalue weighted by molar-refractivity contribution is 5.93. The van der Waals surface area contributed by atoms with Crippen LogP contribution >= 0.6 is 0 Å². The first-order chi connectivity index (χ1) is 13.8. The molecular weight excluding hydrogens is 389 g/mol. The second-order valence-corrected chi connectivity index (χ2v) is 7.02. The van der Waals surface area contributed by atoms with Crippen LogP contribution in [0.15, 0.2) is 30.9 Å². The zero-order valence-corrected chi connectivity index (χ0v) is 15.8. The molecule has 10 heteroatoms. The van der Waals surface area contributed by atoms with Crippen LogP contribution in [0.3, 0.4) is 0 Å². The quantitative estimate of drug-likeness (QED) is 0.732. The molecule has 2 heterocycles. The van der Waals surface area contributed by atoms with E-state index in [-0.39, 0.29) is 17.3 Å². The molecule has 0 aromatic carbocycles. The van der Waals surface area contributed by atoms with Crippen molar-refractivity contribution in [2.24, 2.45) is 5.92 Å². The third-order valence-electron chi connectivity index (χ3n) is 5.02. The minimum absolute atomic E-state index is 0.190. The zero-order valence-electron chi connectivity index (χ0n) is 15.8. The van der Waals surface area contributed by atoms with Crippen LogP contribution in [0.5, 0.6) is 0 Å². The number of methoxy groups -OCH3 is 1. The van der Waals surface area contributed by atoms with Crippen LogP contribution in [-0.4, -0.2) is 33.5 Å². The Morgan fingerprint density at radius 1 is 1.28 bits per heavy atom.